The first-order valence-corrected chi connectivity index (χ1v) is 18.6. The molecular weight excluding hydrogens is 656 g/mol. The predicted octanol–water partition coefficient (Wildman–Crippen LogP) is 8.17. The van der Waals surface area contributed by atoms with Gasteiger partial charge in [0.2, 0.25) is 4.80 Å². The van der Waals surface area contributed by atoms with Gasteiger partial charge in [0, 0.05) is 34.5 Å². The topological polar surface area (TPSA) is 84.8 Å². The van der Waals surface area contributed by atoms with Crippen molar-refractivity contribution in [1.82, 2.24) is 14.3 Å². The Morgan fingerprint density at radius 1 is 0.837 bits per heavy atom. The number of sulfonamides is 1. The fourth-order valence-corrected chi connectivity index (χ4v) is 9.02. The Morgan fingerprint density at radius 3 is 2.27 bits per heavy atom. The summed E-state index contributed by atoms with van der Waals surface area (Å²) in [5, 5.41) is 13.7. The van der Waals surface area contributed by atoms with Gasteiger partial charge in [-0.15, -0.1) is 15.7 Å². The van der Waals surface area contributed by atoms with E-state index in [2.05, 4.69) is 22.6 Å². The highest BCUT2D eigenvalue weighted by molar-refractivity contribution is 7.90. The first-order valence-electron chi connectivity index (χ1n) is 16.3. The average Bonchev–Trinajstić information content (AvgIpc) is 3.87. The third-order valence-corrected chi connectivity index (χ3v) is 11.6. The van der Waals surface area contributed by atoms with Crippen molar-refractivity contribution in [2.24, 2.45) is 21.3 Å². The number of rotatable bonds is 7. The monoisotopic (exact) mass is 688 g/mol. The van der Waals surface area contributed by atoms with Crippen LogP contribution in [-0.2, 0) is 10.0 Å². The molecule has 2 aromatic heterocycles. The van der Waals surface area contributed by atoms with E-state index in [1.807, 2.05) is 81.9 Å². The number of thiazole rings is 1. The van der Waals surface area contributed by atoms with Crippen molar-refractivity contribution in [3.8, 4) is 22.6 Å². The second kappa shape index (κ2) is 12.7. The van der Waals surface area contributed by atoms with E-state index in [0.717, 1.165) is 47.5 Å². The standard InChI is InChI=1S/C38H33FN6O2S2/c1-26-9-8-14-34-36(26)41-45(37(34)28-23-40-43(24-28)30-12-6-3-7-13-30)32-19-21-33(22-20-32)49(46,47)42-38-44(31-17-15-29(39)16-18-31)35(25-48-38)27-10-4-2-5-11-27/h2-7,10-13,15-26,34,37H,8-9,14H2,1H3/b42-38+. The first kappa shape index (κ1) is 31.2. The van der Waals surface area contributed by atoms with Crippen molar-refractivity contribution in [1.29, 1.82) is 0 Å². The SMILES string of the molecule is CC1CCCC2C1=NN(c1ccc(S(=O)(=O)/N=c3/scc(-c4ccccc4)n3-c3ccc(F)cc3)cc1)C2c1cnn(-c2ccccc2)c1. The van der Waals surface area contributed by atoms with E-state index in [-0.39, 0.29) is 27.5 Å². The van der Waals surface area contributed by atoms with Gasteiger partial charge in [0.1, 0.15) is 5.82 Å². The predicted molar refractivity (Wildman–Crippen MR) is 191 cm³/mol. The Balaban J connectivity index is 1.15. The summed E-state index contributed by atoms with van der Waals surface area (Å²) in [6.45, 7) is 2.24. The van der Waals surface area contributed by atoms with Gasteiger partial charge >= 0.3 is 0 Å². The Labute approximate surface area is 288 Å². The van der Waals surface area contributed by atoms with E-state index < -0.39 is 10.0 Å². The first-order chi connectivity index (χ1) is 23.9. The van der Waals surface area contributed by atoms with E-state index in [1.54, 1.807) is 41.0 Å². The van der Waals surface area contributed by atoms with Gasteiger partial charge in [-0.3, -0.25) is 9.58 Å². The minimum atomic E-state index is -4.11. The van der Waals surface area contributed by atoms with Gasteiger partial charge < -0.3 is 0 Å². The van der Waals surface area contributed by atoms with Crippen molar-refractivity contribution in [2.75, 3.05) is 5.01 Å². The summed E-state index contributed by atoms with van der Waals surface area (Å²) in [5.41, 5.74) is 6.28. The van der Waals surface area contributed by atoms with E-state index in [9.17, 15) is 12.8 Å². The molecule has 0 spiro atoms. The molecule has 3 atom stereocenters. The molecule has 0 bridgehead atoms. The molecule has 1 aliphatic heterocycles. The number of hydrogen-bond donors (Lipinski definition) is 0. The fourth-order valence-electron chi connectivity index (χ4n) is 6.91. The third-order valence-electron chi connectivity index (χ3n) is 9.33. The van der Waals surface area contributed by atoms with Crippen molar-refractivity contribution in [3.05, 3.63) is 143 Å². The average molecular weight is 689 g/mol. The molecular formula is C38H33FN6O2S2. The van der Waals surface area contributed by atoms with E-state index in [4.69, 9.17) is 5.10 Å². The lowest BCUT2D eigenvalue weighted by molar-refractivity contribution is 0.431. The number of benzene rings is 4. The molecule has 11 heteroatoms. The van der Waals surface area contributed by atoms with Gasteiger partial charge in [-0.2, -0.15) is 18.6 Å². The zero-order valence-corrected chi connectivity index (χ0v) is 28.3. The lowest BCUT2D eigenvalue weighted by Gasteiger charge is -2.30. The molecule has 0 radical (unpaired) electrons. The summed E-state index contributed by atoms with van der Waals surface area (Å²) in [6.07, 6.45) is 7.26. The lowest BCUT2D eigenvalue weighted by atomic mass is 9.76. The summed E-state index contributed by atoms with van der Waals surface area (Å²) >= 11 is 1.21. The van der Waals surface area contributed by atoms with Crippen LogP contribution >= 0.6 is 11.3 Å². The van der Waals surface area contributed by atoms with Gasteiger partial charge in [0.15, 0.2) is 0 Å². The summed E-state index contributed by atoms with van der Waals surface area (Å²) in [4.78, 5) is 0.330. The highest BCUT2D eigenvalue weighted by Crippen LogP contribution is 2.46. The van der Waals surface area contributed by atoms with Gasteiger partial charge in [-0.25, -0.2) is 9.07 Å². The Bertz CT molecular complexity index is 2310. The maximum absolute atomic E-state index is 13.8. The molecule has 1 saturated carbocycles. The molecule has 0 amide bonds. The molecule has 4 aromatic carbocycles. The molecule has 2 aliphatic rings. The third kappa shape index (κ3) is 5.93. The van der Waals surface area contributed by atoms with Crippen LogP contribution in [0, 0.1) is 17.7 Å². The highest BCUT2D eigenvalue weighted by Gasteiger charge is 2.43. The molecule has 1 aliphatic carbocycles. The van der Waals surface area contributed by atoms with E-state index in [0.29, 0.717) is 11.6 Å². The molecule has 8 rings (SSSR count). The molecule has 49 heavy (non-hydrogen) atoms. The van der Waals surface area contributed by atoms with Crippen LogP contribution in [0.2, 0.25) is 0 Å². The minimum absolute atomic E-state index is 0.0560. The molecule has 1 fully saturated rings. The van der Waals surface area contributed by atoms with Gasteiger partial charge in [-0.05, 0) is 85.0 Å². The normalized spacial score (nSPS) is 19.6. The molecule has 6 aromatic rings. The summed E-state index contributed by atoms with van der Waals surface area (Å²) < 4.78 is 49.4. The van der Waals surface area contributed by atoms with Crippen molar-refractivity contribution < 1.29 is 12.8 Å². The Morgan fingerprint density at radius 2 is 1.53 bits per heavy atom. The minimum Gasteiger partial charge on any atom is -0.284 e. The van der Waals surface area contributed by atoms with Gasteiger partial charge in [-0.1, -0.05) is 61.9 Å². The second-order valence-electron chi connectivity index (χ2n) is 12.4. The van der Waals surface area contributed by atoms with E-state index >= 15 is 0 Å². The number of nitrogens with zero attached hydrogens (tertiary/aromatic N) is 6. The van der Waals surface area contributed by atoms with Crippen LogP contribution in [0.3, 0.4) is 0 Å². The van der Waals surface area contributed by atoms with Gasteiger partial charge in [0.05, 0.1) is 34.2 Å². The smallest absolute Gasteiger partial charge is 0.284 e. The summed E-state index contributed by atoms with van der Waals surface area (Å²) in [7, 11) is -4.11. The fraction of sp³-hybridized carbons (Fsp3) is 0.184. The van der Waals surface area contributed by atoms with Crippen molar-refractivity contribution in [2.45, 2.75) is 37.1 Å². The van der Waals surface area contributed by atoms with Crippen LogP contribution in [0.1, 0.15) is 37.8 Å². The number of para-hydroxylation sites is 1. The van der Waals surface area contributed by atoms with Crippen LogP contribution < -0.4 is 9.81 Å². The Kier molecular flexibility index (Phi) is 8.09. The van der Waals surface area contributed by atoms with E-state index in [1.165, 1.54) is 29.2 Å². The number of fused-ring (bicyclic) bond motifs is 1. The number of hydrazone groups is 1. The molecule has 0 N–H and O–H groups in total. The molecule has 8 nitrogen and oxygen atoms in total. The molecule has 3 unspecified atom stereocenters. The highest BCUT2D eigenvalue weighted by atomic mass is 32.2. The lowest BCUT2D eigenvalue weighted by Crippen LogP contribution is -2.30. The summed E-state index contributed by atoms with van der Waals surface area (Å²) in [5.74, 6) is 0.236. The second-order valence-corrected chi connectivity index (χ2v) is 14.9. The number of hydrogen-bond acceptors (Lipinski definition) is 6. The largest absolute Gasteiger partial charge is 0.285 e. The maximum Gasteiger partial charge on any atom is 0.285 e. The molecule has 3 heterocycles. The van der Waals surface area contributed by atoms with Crippen LogP contribution in [0.15, 0.2) is 141 Å². The van der Waals surface area contributed by atoms with Crippen LogP contribution in [0.4, 0.5) is 10.1 Å². The van der Waals surface area contributed by atoms with Crippen molar-refractivity contribution >= 4 is 32.8 Å². The van der Waals surface area contributed by atoms with Crippen LogP contribution in [0.25, 0.3) is 22.6 Å². The maximum atomic E-state index is 13.8. The summed E-state index contributed by atoms with van der Waals surface area (Å²) in [6, 6.07) is 32.3. The van der Waals surface area contributed by atoms with Gasteiger partial charge in [0.25, 0.3) is 10.0 Å². The molecule has 246 valence electrons. The zero-order chi connectivity index (χ0) is 33.5. The zero-order valence-electron chi connectivity index (χ0n) is 26.7. The number of anilines is 1. The quantitative estimate of drug-likeness (QED) is 0.169. The number of halogens is 1. The number of aromatic nitrogens is 3. The van der Waals surface area contributed by atoms with Crippen molar-refractivity contribution in [3.63, 3.8) is 0 Å². The molecule has 0 saturated heterocycles. The van der Waals surface area contributed by atoms with Crippen LogP contribution in [-0.4, -0.2) is 28.5 Å². The Hall–Kier alpha value is -5.13. The van der Waals surface area contributed by atoms with Crippen LogP contribution in [0.5, 0.6) is 0 Å².